The summed E-state index contributed by atoms with van der Waals surface area (Å²) >= 11 is 0. The lowest BCUT2D eigenvalue weighted by atomic mass is 9.95. The molecule has 0 amide bonds. The molecule has 0 heterocycles. The van der Waals surface area contributed by atoms with Crippen LogP contribution in [0, 0.1) is 0 Å². The van der Waals surface area contributed by atoms with Crippen LogP contribution >= 0.6 is 0 Å². The van der Waals surface area contributed by atoms with Crippen molar-refractivity contribution < 1.29 is 9.53 Å². The Morgan fingerprint density at radius 3 is 3.00 bits per heavy atom. The normalized spacial score (nSPS) is 15.4. The Morgan fingerprint density at radius 1 is 1.44 bits per heavy atom. The Balaban J connectivity index is 2.00. The lowest BCUT2D eigenvalue weighted by Crippen LogP contribution is -2.04. The fraction of sp³-hybridized carbons (Fsp3) is 0.643. The van der Waals surface area contributed by atoms with Crippen LogP contribution in [-0.4, -0.2) is 12.6 Å². The molecule has 0 aliphatic heterocycles. The summed E-state index contributed by atoms with van der Waals surface area (Å²) in [6.45, 7) is 3.84. The molecule has 16 heavy (non-hydrogen) atoms. The topological polar surface area (TPSA) is 26.3 Å². The van der Waals surface area contributed by atoms with Crippen molar-refractivity contribution in [1.82, 2.24) is 0 Å². The first-order valence-electron chi connectivity index (χ1n) is 6.27. The largest absolute Gasteiger partial charge is 0.461 e. The molecule has 2 nitrogen and oxygen atoms in total. The zero-order chi connectivity index (χ0) is 11.6. The van der Waals surface area contributed by atoms with E-state index < -0.39 is 0 Å². The van der Waals surface area contributed by atoms with Crippen molar-refractivity contribution >= 4 is 5.97 Å². The Kier molecular flexibility index (Phi) is 6.62. The van der Waals surface area contributed by atoms with Gasteiger partial charge in [-0.15, -0.1) is 0 Å². The van der Waals surface area contributed by atoms with E-state index in [0.717, 1.165) is 19.3 Å². The maximum atomic E-state index is 11.2. The third-order valence-electron chi connectivity index (χ3n) is 2.88. The zero-order valence-electron chi connectivity index (χ0n) is 10.0. The smallest absolute Gasteiger partial charge is 0.306 e. The summed E-state index contributed by atoms with van der Waals surface area (Å²) in [7, 11) is 0. The first kappa shape index (κ1) is 13.0. The van der Waals surface area contributed by atoms with E-state index >= 15 is 0 Å². The summed E-state index contributed by atoms with van der Waals surface area (Å²) in [5.74, 6) is -0.0995. The SMILES string of the molecule is C=CCOC(=O)CCCCC1=CCCCC1. The summed E-state index contributed by atoms with van der Waals surface area (Å²) < 4.78 is 4.91. The van der Waals surface area contributed by atoms with Crippen LogP contribution in [0.25, 0.3) is 0 Å². The van der Waals surface area contributed by atoms with Crippen LogP contribution in [0.5, 0.6) is 0 Å². The molecule has 1 aliphatic rings. The Bertz CT molecular complexity index is 253. The minimum absolute atomic E-state index is 0.0995. The van der Waals surface area contributed by atoms with Crippen LogP contribution in [0.3, 0.4) is 0 Å². The first-order valence-corrected chi connectivity index (χ1v) is 6.27. The van der Waals surface area contributed by atoms with Crippen LogP contribution in [0.2, 0.25) is 0 Å². The number of allylic oxidation sites excluding steroid dienone is 2. The van der Waals surface area contributed by atoms with Gasteiger partial charge in [0.1, 0.15) is 6.61 Å². The summed E-state index contributed by atoms with van der Waals surface area (Å²) in [4.78, 5) is 11.2. The average molecular weight is 222 g/mol. The molecule has 0 atom stereocenters. The molecule has 0 aromatic heterocycles. The van der Waals surface area contributed by atoms with Crippen molar-refractivity contribution in [1.29, 1.82) is 0 Å². The highest BCUT2D eigenvalue weighted by Crippen LogP contribution is 2.22. The van der Waals surface area contributed by atoms with E-state index in [1.807, 2.05) is 0 Å². The Labute approximate surface area is 98.4 Å². The quantitative estimate of drug-likeness (QED) is 0.372. The lowest BCUT2D eigenvalue weighted by Gasteiger charge is -2.11. The minimum atomic E-state index is -0.0995. The van der Waals surface area contributed by atoms with Crippen molar-refractivity contribution in [2.24, 2.45) is 0 Å². The number of unbranched alkanes of at least 4 members (excludes halogenated alkanes) is 1. The standard InChI is InChI=1S/C14H22O2/c1-2-12-16-14(15)11-7-6-10-13-8-4-3-5-9-13/h2,8H,1,3-7,9-12H2. The molecule has 0 radical (unpaired) electrons. The number of rotatable bonds is 7. The second-order valence-electron chi connectivity index (χ2n) is 4.29. The molecule has 1 aliphatic carbocycles. The predicted octanol–water partition coefficient (Wildman–Crippen LogP) is 3.78. The van der Waals surface area contributed by atoms with Gasteiger partial charge >= 0.3 is 5.97 Å². The van der Waals surface area contributed by atoms with E-state index in [0.29, 0.717) is 13.0 Å². The molecular weight excluding hydrogens is 200 g/mol. The molecule has 0 aromatic rings. The van der Waals surface area contributed by atoms with E-state index in [1.54, 1.807) is 11.6 Å². The number of carbonyl (C=O) groups is 1. The number of ether oxygens (including phenoxy) is 1. The molecule has 0 aromatic carbocycles. The maximum Gasteiger partial charge on any atom is 0.306 e. The van der Waals surface area contributed by atoms with E-state index in [-0.39, 0.29) is 5.97 Å². The molecule has 2 heteroatoms. The molecule has 0 fully saturated rings. The molecule has 1 rings (SSSR count). The molecule has 0 saturated heterocycles. The molecule has 90 valence electrons. The molecule has 0 spiro atoms. The number of hydrogen-bond donors (Lipinski definition) is 0. The molecule has 0 unspecified atom stereocenters. The number of esters is 1. The van der Waals surface area contributed by atoms with E-state index in [9.17, 15) is 4.79 Å². The van der Waals surface area contributed by atoms with Crippen molar-refractivity contribution in [2.75, 3.05) is 6.61 Å². The van der Waals surface area contributed by atoms with Crippen molar-refractivity contribution in [2.45, 2.75) is 51.4 Å². The summed E-state index contributed by atoms with van der Waals surface area (Å²) in [6.07, 6.45) is 12.9. The van der Waals surface area contributed by atoms with Crippen LogP contribution in [0.4, 0.5) is 0 Å². The van der Waals surface area contributed by atoms with Crippen molar-refractivity contribution in [3.63, 3.8) is 0 Å². The average Bonchev–Trinajstić information content (AvgIpc) is 2.33. The monoisotopic (exact) mass is 222 g/mol. The Hall–Kier alpha value is -1.05. The van der Waals surface area contributed by atoms with E-state index in [2.05, 4.69) is 12.7 Å². The lowest BCUT2D eigenvalue weighted by molar-refractivity contribution is -0.142. The second kappa shape index (κ2) is 8.14. The molecule has 0 saturated carbocycles. The molecule has 0 bridgehead atoms. The first-order chi connectivity index (χ1) is 7.83. The zero-order valence-corrected chi connectivity index (χ0v) is 10.0. The summed E-state index contributed by atoms with van der Waals surface area (Å²) in [5.41, 5.74) is 1.59. The van der Waals surface area contributed by atoms with Gasteiger partial charge in [-0.05, 0) is 44.9 Å². The fourth-order valence-corrected chi connectivity index (χ4v) is 1.98. The van der Waals surface area contributed by atoms with Crippen molar-refractivity contribution in [3.05, 3.63) is 24.3 Å². The van der Waals surface area contributed by atoms with Crippen LogP contribution in [0.1, 0.15) is 51.4 Å². The predicted molar refractivity (Wildman–Crippen MR) is 66.2 cm³/mol. The highest BCUT2D eigenvalue weighted by atomic mass is 16.5. The van der Waals surface area contributed by atoms with Crippen LogP contribution in [-0.2, 0) is 9.53 Å². The third-order valence-corrected chi connectivity index (χ3v) is 2.88. The van der Waals surface area contributed by atoms with Gasteiger partial charge in [0.15, 0.2) is 0 Å². The number of hydrogen-bond acceptors (Lipinski definition) is 2. The summed E-state index contributed by atoms with van der Waals surface area (Å²) in [5, 5.41) is 0. The summed E-state index contributed by atoms with van der Waals surface area (Å²) in [6, 6.07) is 0. The van der Waals surface area contributed by atoms with Gasteiger partial charge in [-0.3, -0.25) is 4.79 Å². The van der Waals surface area contributed by atoms with E-state index in [1.165, 1.54) is 25.7 Å². The molecule has 0 N–H and O–H groups in total. The van der Waals surface area contributed by atoms with Crippen LogP contribution < -0.4 is 0 Å². The van der Waals surface area contributed by atoms with Gasteiger partial charge in [0.2, 0.25) is 0 Å². The van der Waals surface area contributed by atoms with Gasteiger partial charge < -0.3 is 4.74 Å². The second-order valence-corrected chi connectivity index (χ2v) is 4.29. The van der Waals surface area contributed by atoms with Gasteiger partial charge in [-0.2, -0.15) is 0 Å². The van der Waals surface area contributed by atoms with Gasteiger partial charge in [0, 0.05) is 6.42 Å². The third kappa shape index (κ3) is 5.74. The number of carbonyl (C=O) groups excluding carboxylic acids is 1. The van der Waals surface area contributed by atoms with E-state index in [4.69, 9.17) is 4.74 Å². The van der Waals surface area contributed by atoms with Crippen molar-refractivity contribution in [3.8, 4) is 0 Å². The fourth-order valence-electron chi connectivity index (χ4n) is 1.98. The minimum Gasteiger partial charge on any atom is -0.461 e. The highest BCUT2D eigenvalue weighted by molar-refractivity contribution is 5.69. The van der Waals surface area contributed by atoms with Crippen LogP contribution in [0.15, 0.2) is 24.3 Å². The van der Waals surface area contributed by atoms with Gasteiger partial charge in [0.25, 0.3) is 0 Å². The highest BCUT2D eigenvalue weighted by Gasteiger charge is 2.05. The molecular formula is C14H22O2. The maximum absolute atomic E-state index is 11.2. The van der Waals surface area contributed by atoms with Gasteiger partial charge in [-0.25, -0.2) is 0 Å². The van der Waals surface area contributed by atoms with Gasteiger partial charge in [-0.1, -0.05) is 24.3 Å². The Morgan fingerprint density at radius 2 is 2.31 bits per heavy atom. The van der Waals surface area contributed by atoms with Gasteiger partial charge in [0.05, 0.1) is 0 Å².